The smallest absolute Gasteiger partial charge is 0.228 e. The van der Waals surface area contributed by atoms with E-state index in [4.69, 9.17) is 47.0 Å². The number of alkyl halides is 3. The number of nitrogens with one attached hydrogen (secondary N) is 3. The highest BCUT2D eigenvalue weighted by Gasteiger charge is 2.34. The third kappa shape index (κ3) is 7.18. The summed E-state index contributed by atoms with van der Waals surface area (Å²) in [5.74, 6) is -0.292. The lowest BCUT2D eigenvalue weighted by molar-refractivity contribution is -0.121. The fourth-order valence-electron chi connectivity index (χ4n) is 2.35. The number of anilines is 1. The Kier molecular flexibility index (Phi) is 7.74. The van der Waals surface area contributed by atoms with Crippen LogP contribution < -0.4 is 16.0 Å². The predicted octanol–water partition coefficient (Wildman–Crippen LogP) is 4.65. The van der Waals surface area contributed by atoms with Crippen LogP contribution in [0.3, 0.4) is 0 Å². The number of rotatable bonds is 5. The molecule has 0 unspecified atom stereocenters. The van der Waals surface area contributed by atoms with Gasteiger partial charge >= 0.3 is 0 Å². The van der Waals surface area contributed by atoms with Gasteiger partial charge in [0.1, 0.15) is 6.17 Å². The first kappa shape index (κ1) is 21.8. The second-order valence-corrected chi connectivity index (χ2v) is 8.90. The van der Waals surface area contributed by atoms with Gasteiger partial charge in [-0.05, 0) is 48.8 Å². The van der Waals surface area contributed by atoms with Crippen LogP contribution in [0.25, 0.3) is 0 Å². The Bertz CT molecular complexity index is 810. The largest absolute Gasteiger partial charge is 0.339 e. The lowest BCUT2D eigenvalue weighted by Gasteiger charge is -2.28. The highest BCUT2D eigenvalue weighted by atomic mass is 35.6. The third-order valence-corrected chi connectivity index (χ3v) is 4.63. The molecule has 0 aliphatic heterocycles. The second kappa shape index (κ2) is 9.60. The number of carbonyl (C=O) groups excluding carboxylic acids is 1. The fraction of sp³-hybridized carbons (Fsp3) is 0.263. The van der Waals surface area contributed by atoms with Gasteiger partial charge in [0.15, 0.2) is 5.11 Å². The number of halogens is 3. The van der Waals surface area contributed by atoms with Gasteiger partial charge in [0.05, 0.1) is 6.42 Å². The summed E-state index contributed by atoms with van der Waals surface area (Å²) in [6, 6.07) is 15.2. The standard InChI is InChI=1S/C19H20Cl3N3OS/c1-12-8-9-13(2)15(10-12)23-18(27)25-17(19(20,21)22)24-16(26)11-14-6-4-3-5-7-14/h3-10,17H,11H2,1-2H3,(H,24,26)(H2,23,25,27)/t17-/m0/s1. The van der Waals surface area contributed by atoms with Crippen molar-refractivity contribution in [2.45, 2.75) is 30.2 Å². The maximum atomic E-state index is 12.3. The summed E-state index contributed by atoms with van der Waals surface area (Å²) in [6.07, 6.45) is -0.833. The molecule has 1 amide bonds. The minimum atomic E-state index is -1.79. The summed E-state index contributed by atoms with van der Waals surface area (Å²) in [5, 5.41) is 8.84. The molecule has 2 aromatic carbocycles. The van der Waals surface area contributed by atoms with Crippen molar-refractivity contribution in [3.8, 4) is 0 Å². The Labute approximate surface area is 179 Å². The molecule has 0 saturated heterocycles. The molecular formula is C19H20Cl3N3OS. The number of aryl methyl sites for hydroxylation is 2. The number of carbonyl (C=O) groups is 1. The molecule has 0 aromatic heterocycles. The molecule has 3 N–H and O–H groups in total. The molecule has 0 bridgehead atoms. The Morgan fingerprint density at radius 1 is 1.07 bits per heavy atom. The summed E-state index contributed by atoms with van der Waals surface area (Å²) in [4.78, 5) is 12.3. The Morgan fingerprint density at radius 2 is 1.74 bits per heavy atom. The van der Waals surface area contributed by atoms with Crippen molar-refractivity contribution < 1.29 is 4.79 Å². The van der Waals surface area contributed by atoms with E-state index in [1.165, 1.54) is 0 Å². The van der Waals surface area contributed by atoms with E-state index in [-0.39, 0.29) is 17.4 Å². The molecule has 0 aliphatic rings. The van der Waals surface area contributed by atoms with Gasteiger partial charge in [-0.2, -0.15) is 0 Å². The van der Waals surface area contributed by atoms with Crippen LogP contribution in [-0.4, -0.2) is 21.0 Å². The summed E-state index contributed by atoms with van der Waals surface area (Å²) in [6.45, 7) is 3.94. The third-order valence-electron chi connectivity index (χ3n) is 3.76. The van der Waals surface area contributed by atoms with Crippen molar-refractivity contribution in [1.82, 2.24) is 10.6 Å². The van der Waals surface area contributed by atoms with Crippen LogP contribution in [0.15, 0.2) is 48.5 Å². The van der Waals surface area contributed by atoms with Crippen LogP contribution in [0.4, 0.5) is 5.69 Å². The molecule has 27 heavy (non-hydrogen) atoms. The molecule has 4 nitrogen and oxygen atoms in total. The zero-order valence-electron chi connectivity index (χ0n) is 14.9. The van der Waals surface area contributed by atoms with Crippen molar-refractivity contribution in [1.29, 1.82) is 0 Å². The average molecular weight is 445 g/mol. The van der Waals surface area contributed by atoms with Crippen LogP contribution in [0, 0.1) is 13.8 Å². The molecule has 0 spiro atoms. The van der Waals surface area contributed by atoms with Gasteiger partial charge in [0.25, 0.3) is 0 Å². The minimum absolute atomic E-state index is 0.164. The van der Waals surface area contributed by atoms with Gasteiger partial charge < -0.3 is 16.0 Å². The van der Waals surface area contributed by atoms with Crippen molar-refractivity contribution in [2.75, 3.05) is 5.32 Å². The number of hydrogen-bond donors (Lipinski definition) is 3. The van der Waals surface area contributed by atoms with E-state index in [2.05, 4.69) is 16.0 Å². The van der Waals surface area contributed by atoms with Gasteiger partial charge in [-0.1, -0.05) is 77.3 Å². The van der Waals surface area contributed by atoms with E-state index >= 15 is 0 Å². The van der Waals surface area contributed by atoms with Crippen molar-refractivity contribution in [2.24, 2.45) is 0 Å². The molecule has 0 aliphatic carbocycles. The van der Waals surface area contributed by atoms with E-state index < -0.39 is 9.96 Å². The quantitative estimate of drug-likeness (QED) is 0.357. The monoisotopic (exact) mass is 443 g/mol. The van der Waals surface area contributed by atoms with E-state index in [9.17, 15) is 4.79 Å². The van der Waals surface area contributed by atoms with E-state index in [0.717, 1.165) is 22.4 Å². The first-order valence-corrected chi connectivity index (χ1v) is 9.74. The molecule has 2 rings (SSSR count). The maximum absolute atomic E-state index is 12.3. The summed E-state index contributed by atoms with van der Waals surface area (Å²) >= 11 is 23.4. The number of amides is 1. The van der Waals surface area contributed by atoms with E-state index in [0.29, 0.717) is 0 Å². The van der Waals surface area contributed by atoms with E-state index in [1.54, 1.807) is 0 Å². The molecule has 0 heterocycles. The van der Waals surface area contributed by atoms with Crippen LogP contribution in [0.1, 0.15) is 16.7 Å². The van der Waals surface area contributed by atoms with Gasteiger partial charge in [-0.3, -0.25) is 4.79 Å². The van der Waals surface area contributed by atoms with Crippen LogP contribution in [-0.2, 0) is 11.2 Å². The molecule has 0 saturated carbocycles. The zero-order chi connectivity index (χ0) is 20.0. The van der Waals surface area contributed by atoms with Gasteiger partial charge in [-0.15, -0.1) is 0 Å². The maximum Gasteiger partial charge on any atom is 0.228 e. The molecule has 0 radical (unpaired) electrons. The normalized spacial score (nSPS) is 12.2. The van der Waals surface area contributed by atoms with Crippen molar-refractivity contribution in [3.63, 3.8) is 0 Å². The number of thiocarbonyl (C=S) groups is 1. The lowest BCUT2D eigenvalue weighted by Crippen LogP contribution is -2.56. The topological polar surface area (TPSA) is 53.2 Å². The molecule has 2 aromatic rings. The fourth-order valence-corrected chi connectivity index (χ4v) is 2.91. The molecule has 8 heteroatoms. The number of benzene rings is 2. The van der Waals surface area contributed by atoms with E-state index in [1.807, 2.05) is 62.4 Å². The summed E-state index contributed by atoms with van der Waals surface area (Å²) in [7, 11) is 0. The first-order chi connectivity index (χ1) is 12.6. The molecule has 0 fully saturated rings. The van der Waals surface area contributed by atoms with Gasteiger partial charge in [-0.25, -0.2) is 0 Å². The SMILES string of the molecule is Cc1ccc(C)c(NC(=S)N[C@H](NC(=O)Cc2ccccc2)C(Cl)(Cl)Cl)c1. The lowest BCUT2D eigenvalue weighted by atomic mass is 10.1. The van der Waals surface area contributed by atoms with Crippen molar-refractivity contribution in [3.05, 3.63) is 65.2 Å². The minimum Gasteiger partial charge on any atom is -0.339 e. The Morgan fingerprint density at radius 3 is 2.37 bits per heavy atom. The number of hydrogen-bond acceptors (Lipinski definition) is 2. The first-order valence-electron chi connectivity index (χ1n) is 8.20. The van der Waals surface area contributed by atoms with Crippen LogP contribution in [0.2, 0.25) is 0 Å². The molecular weight excluding hydrogens is 425 g/mol. The van der Waals surface area contributed by atoms with Crippen LogP contribution in [0.5, 0.6) is 0 Å². The highest BCUT2D eigenvalue weighted by molar-refractivity contribution is 7.80. The zero-order valence-corrected chi connectivity index (χ0v) is 17.9. The molecule has 144 valence electrons. The summed E-state index contributed by atoms with van der Waals surface area (Å²) < 4.78 is -1.79. The Balaban J connectivity index is 2.02. The van der Waals surface area contributed by atoms with Gasteiger partial charge in [0.2, 0.25) is 9.70 Å². The van der Waals surface area contributed by atoms with Crippen LogP contribution >= 0.6 is 47.0 Å². The van der Waals surface area contributed by atoms with Gasteiger partial charge in [0, 0.05) is 5.69 Å². The molecule has 1 atom stereocenters. The highest BCUT2D eigenvalue weighted by Crippen LogP contribution is 2.29. The second-order valence-electron chi connectivity index (χ2n) is 6.12. The summed E-state index contributed by atoms with van der Waals surface area (Å²) in [5.41, 5.74) is 3.80. The van der Waals surface area contributed by atoms with Crippen molar-refractivity contribution >= 4 is 63.7 Å². The predicted molar refractivity (Wildman–Crippen MR) is 118 cm³/mol. The average Bonchev–Trinajstić information content (AvgIpc) is 2.57. The Hall–Kier alpha value is -1.53.